The maximum Gasteiger partial charge on any atom is 0.408 e. The molecule has 0 heterocycles. The average molecular weight is 510 g/mol. The first kappa shape index (κ1) is 29.9. The molecule has 0 fully saturated rings. The van der Waals surface area contributed by atoms with Gasteiger partial charge in [0.15, 0.2) is 0 Å². The Bertz CT molecular complexity index is 1030. The third kappa shape index (κ3) is 8.92. The van der Waals surface area contributed by atoms with E-state index in [-0.39, 0.29) is 23.8 Å². The first-order valence-corrected chi connectivity index (χ1v) is 13.1. The lowest BCUT2D eigenvalue weighted by Gasteiger charge is -2.38. The van der Waals surface area contributed by atoms with Gasteiger partial charge in [0.05, 0.1) is 0 Å². The summed E-state index contributed by atoms with van der Waals surface area (Å²) < 4.78 is 5.41. The van der Waals surface area contributed by atoms with Crippen molar-refractivity contribution in [3.63, 3.8) is 0 Å². The Hall–Kier alpha value is -3.35. The van der Waals surface area contributed by atoms with Crippen LogP contribution in [0.1, 0.15) is 78.1 Å². The number of carbonyl (C=O) groups excluding carboxylic acids is 3. The van der Waals surface area contributed by atoms with E-state index in [0.29, 0.717) is 12.1 Å². The molecule has 7 heteroatoms. The van der Waals surface area contributed by atoms with Crippen LogP contribution in [0.25, 0.3) is 0 Å². The molecule has 37 heavy (non-hydrogen) atoms. The van der Waals surface area contributed by atoms with Gasteiger partial charge in [-0.05, 0) is 63.6 Å². The Morgan fingerprint density at radius 2 is 1.49 bits per heavy atom. The van der Waals surface area contributed by atoms with Crippen LogP contribution in [0.2, 0.25) is 0 Å². The molecule has 3 amide bonds. The monoisotopic (exact) mass is 509 g/mol. The van der Waals surface area contributed by atoms with Crippen molar-refractivity contribution in [1.29, 1.82) is 0 Å². The first-order chi connectivity index (χ1) is 17.3. The lowest BCUT2D eigenvalue weighted by Crippen LogP contribution is -2.56. The van der Waals surface area contributed by atoms with Crippen molar-refractivity contribution in [1.82, 2.24) is 15.5 Å². The third-order valence-corrected chi connectivity index (χ3v) is 5.96. The fraction of sp³-hybridized carbons (Fsp3) is 0.500. The summed E-state index contributed by atoms with van der Waals surface area (Å²) in [4.78, 5) is 41.9. The second-order valence-electron chi connectivity index (χ2n) is 10.9. The summed E-state index contributed by atoms with van der Waals surface area (Å²) in [7, 11) is 0. The molecule has 2 atom stereocenters. The summed E-state index contributed by atoms with van der Waals surface area (Å²) in [6.07, 6.45) is 0.202. The molecule has 0 aliphatic rings. The van der Waals surface area contributed by atoms with Crippen LogP contribution in [-0.4, -0.2) is 40.5 Å². The van der Waals surface area contributed by atoms with E-state index in [2.05, 4.69) is 17.6 Å². The Kier molecular flexibility index (Phi) is 10.7. The van der Waals surface area contributed by atoms with Gasteiger partial charge >= 0.3 is 6.09 Å². The molecular weight excluding hydrogens is 466 g/mol. The third-order valence-electron chi connectivity index (χ3n) is 5.96. The molecule has 202 valence electrons. The number of nitrogens with one attached hydrogen (secondary N) is 2. The number of nitrogens with zero attached hydrogens (tertiary/aromatic N) is 1. The van der Waals surface area contributed by atoms with Crippen LogP contribution in [-0.2, 0) is 27.3 Å². The number of benzene rings is 2. The van der Waals surface area contributed by atoms with Crippen LogP contribution in [0, 0.1) is 5.92 Å². The lowest BCUT2D eigenvalue weighted by molar-refractivity contribution is -0.145. The normalized spacial score (nSPS) is 13.1. The second-order valence-corrected chi connectivity index (χ2v) is 10.9. The van der Waals surface area contributed by atoms with Crippen LogP contribution in [0.15, 0.2) is 54.6 Å². The van der Waals surface area contributed by atoms with Crippen LogP contribution in [0.4, 0.5) is 4.79 Å². The molecule has 2 N–H and O–H groups in total. The molecule has 2 aromatic carbocycles. The summed E-state index contributed by atoms with van der Waals surface area (Å²) in [5.41, 5.74) is 2.11. The second kappa shape index (κ2) is 13.3. The molecule has 0 saturated heterocycles. The fourth-order valence-corrected chi connectivity index (χ4v) is 4.04. The Morgan fingerprint density at radius 3 is 1.97 bits per heavy atom. The summed E-state index contributed by atoms with van der Waals surface area (Å²) >= 11 is 0. The van der Waals surface area contributed by atoms with Crippen molar-refractivity contribution < 1.29 is 19.1 Å². The molecule has 2 aromatic rings. The number of amides is 3. The minimum Gasteiger partial charge on any atom is -0.444 e. The number of carbonyl (C=O) groups is 3. The van der Waals surface area contributed by atoms with E-state index < -0.39 is 23.8 Å². The SMILES string of the molecule is CCc1ccc(C(C(=O)NCc2ccccc2)N(C(=O)C(NC(=O)OC(C)(C)C)C(C)C)C(C)C)cc1. The lowest BCUT2D eigenvalue weighted by atomic mass is 9.96. The van der Waals surface area contributed by atoms with Crippen molar-refractivity contribution >= 4 is 17.9 Å². The Balaban J connectivity index is 2.44. The highest BCUT2D eigenvalue weighted by Crippen LogP contribution is 2.27. The van der Waals surface area contributed by atoms with E-state index in [0.717, 1.165) is 17.5 Å². The quantitative estimate of drug-likeness (QED) is 0.449. The van der Waals surface area contributed by atoms with Crippen LogP contribution >= 0.6 is 0 Å². The van der Waals surface area contributed by atoms with Gasteiger partial charge in [-0.3, -0.25) is 9.59 Å². The molecule has 0 radical (unpaired) electrons. The fourth-order valence-electron chi connectivity index (χ4n) is 4.04. The highest BCUT2D eigenvalue weighted by atomic mass is 16.6. The minimum absolute atomic E-state index is 0.225. The van der Waals surface area contributed by atoms with Crippen molar-refractivity contribution in [2.24, 2.45) is 5.92 Å². The molecular formula is C30H43N3O4. The maximum absolute atomic E-state index is 14.0. The number of hydrogen-bond donors (Lipinski definition) is 2. The molecule has 7 nitrogen and oxygen atoms in total. The van der Waals surface area contributed by atoms with E-state index in [1.54, 1.807) is 25.7 Å². The van der Waals surface area contributed by atoms with Crippen LogP contribution < -0.4 is 10.6 Å². The van der Waals surface area contributed by atoms with Gasteiger partial charge in [-0.15, -0.1) is 0 Å². The predicted molar refractivity (Wildman–Crippen MR) is 147 cm³/mol. The number of alkyl carbamates (subject to hydrolysis) is 1. The number of ether oxygens (including phenoxy) is 1. The molecule has 0 aliphatic carbocycles. The minimum atomic E-state index is -0.871. The zero-order valence-electron chi connectivity index (χ0n) is 23.5. The number of hydrogen-bond acceptors (Lipinski definition) is 4. The van der Waals surface area contributed by atoms with Gasteiger partial charge in [0.2, 0.25) is 11.8 Å². The Labute approximate surface area is 222 Å². The van der Waals surface area contributed by atoms with E-state index in [9.17, 15) is 14.4 Å². The van der Waals surface area contributed by atoms with Crippen LogP contribution in [0.5, 0.6) is 0 Å². The van der Waals surface area contributed by atoms with Crippen molar-refractivity contribution in [2.75, 3.05) is 0 Å². The van der Waals surface area contributed by atoms with Gasteiger partial charge in [0.1, 0.15) is 17.7 Å². The first-order valence-electron chi connectivity index (χ1n) is 13.1. The zero-order valence-corrected chi connectivity index (χ0v) is 23.5. The van der Waals surface area contributed by atoms with Crippen molar-refractivity contribution in [3.05, 3.63) is 71.3 Å². The highest BCUT2D eigenvalue weighted by Gasteiger charge is 2.38. The average Bonchev–Trinajstić information content (AvgIpc) is 2.83. The van der Waals surface area contributed by atoms with E-state index in [4.69, 9.17) is 4.74 Å². The highest BCUT2D eigenvalue weighted by molar-refractivity contribution is 5.92. The van der Waals surface area contributed by atoms with Gasteiger partial charge in [0.25, 0.3) is 0 Å². The zero-order chi connectivity index (χ0) is 27.8. The van der Waals surface area contributed by atoms with Gasteiger partial charge in [0, 0.05) is 12.6 Å². The molecule has 0 aliphatic heterocycles. The van der Waals surface area contributed by atoms with E-state index in [1.807, 2.05) is 82.3 Å². The van der Waals surface area contributed by atoms with Gasteiger partial charge in [-0.2, -0.15) is 0 Å². The largest absolute Gasteiger partial charge is 0.444 e. The number of rotatable bonds is 10. The predicted octanol–water partition coefficient (Wildman–Crippen LogP) is 5.39. The summed E-state index contributed by atoms with van der Waals surface area (Å²) in [6.45, 7) is 15.2. The number of aryl methyl sites for hydroxylation is 1. The molecule has 0 saturated carbocycles. The molecule has 0 bridgehead atoms. The topological polar surface area (TPSA) is 87.7 Å². The van der Waals surface area contributed by atoms with Gasteiger partial charge in [-0.25, -0.2) is 4.79 Å². The van der Waals surface area contributed by atoms with Gasteiger partial charge < -0.3 is 20.3 Å². The van der Waals surface area contributed by atoms with Crippen molar-refractivity contribution in [3.8, 4) is 0 Å². The standard InChI is InChI=1S/C30H43N3O4/c1-9-22-15-17-24(18-16-22)26(27(34)31-19-23-13-11-10-12-14-23)33(21(4)5)28(35)25(20(2)3)32-29(36)37-30(6,7)8/h10-18,20-21,25-26H,9,19H2,1-8H3,(H,31,34)(H,32,36). The molecule has 2 rings (SSSR count). The maximum atomic E-state index is 14.0. The van der Waals surface area contributed by atoms with Crippen molar-refractivity contribution in [2.45, 2.75) is 92.1 Å². The summed E-state index contributed by atoms with van der Waals surface area (Å²) in [5.74, 6) is -0.845. The summed E-state index contributed by atoms with van der Waals surface area (Å²) in [5, 5.41) is 5.76. The Morgan fingerprint density at radius 1 is 0.892 bits per heavy atom. The van der Waals surface area contributed by atoms with Crippen LogP contribution in [0.3, 0.4) is 0 Å². The smallest absolute Gasteiger partial charge is 0.408 e. The molecule has 0 aromatic heterocycles. The van der Waals surface area contributed by atoms with Gasteiger partial charge in [-0.1, -0.05) is 75.4 Å². The summed E-state index contributed by atoms with van der Waals surface area (Å²) in [6, 6.07) is 15.4. The molecule has 0 spiro atoms. The molecule has 2 unspecified atom stereocenters. The van der Waals surface area contributed by atoms with E-state index >= 15 is 0 Å². The van der Waals surface area contributed by atoms with E-state index in [1.165, 1.54) is 0 Å².